The monoisotopic (exact) mass is 480 g/mol. The minimum absolute atomic E-state index is 0.0641. The zero-order valence-electron chi connectivity index (χ0n) is 18.6. The van der Waals surface area contributed by atoms with Crippen molar-refractivity contribution in [3.8, 4) is 0 Å². The van der Waals surface area contributed by atoms with Crippen LogP contribution in [-0.2, 0) is 17.8 Å². The first kappa shape index (κ1) is 23.3. The average Bonchev–Trinajstić information content (AvgIpc) is 3.20. The molecule has 0 spiro atoms. The number of aromatic nitrogens is 4. The van der Waals surface area contributed by atoms with Gasteiger partial charge in [0.15, 0.2) is 5.82 Å². The van der Waals surface area contributed by atoms with Crippen LogP contribution in [0.25, 0.3) is 5.78 Å². The molecule has 10 heteroatoms. The van der Waals surface area contributed by atoms with Gasteiger partial charge in [-0.1, -0.05) is 23.7 Å². The molecule has 0 atom stereocenters. The average molecular weight is 481 g/mol. The van der Waals surface area contributed by atoms with E-state index < -0.39 is 11.7 Å². The summed E-state index contributed by atoms with van der Waals surface area (Å²) in [5, 5.41) is 10.5. The molecule has 0 saturated heterocycles. The molecule has 0 unspecified atom stereocenters. The van der Waals surface area contributed by atoms with E-state index in [-0.39, 0.29) is 24.4 Å². The zero-order valence-corrected chi connectivity index (χ0v) is 19.4. The molecular formula is C24H22ClFN6O2. The molecule has 0 radical (unpaired) electrons. The Morgan fingerprint density at radius 2 is 1.88 bits per heavy atom. The van der Waals surface area contributed by atoms with Crippen LogP contribution in [0.3, 0.4) is 0 Å². The summed E-state index contributed by atoms with van der Waals surface area (Å²) in [5.41, 5.74) is 3.32. The third-order valence-electron chi connectivity index (χ3n) is 5.30. The highest BCUT2D eigenvalue weighted by Gasteiger charge is 2.16. The molecular weight excluding hydrogens is 459 g/mol. The Morgan fingerprint density at radius 1 is 1.09 bits per heavy atom. The van der Waals surface area contributed by atoms with E-state index >= 15 is 0 Å². The predicted octanol–water partition coefficient (Wildman–Crippen LogP) is 4.03. The Bertz CT molecular complexity index is 1390. The minimum Gasteiger partial charge on any atom is -0.345 e. The van der Waals surface area contributed by atoms with Crippen molar-refractivity contribution in [1.82, 2.24) is 24.9 Å². The molecule has 174 valence electrons. The van der Waals surface area contributed by atoms with E-state index in [0.717, 1.165) is 23.0 Å². The van der Waals surface area contributed by atoms with Crippen LogP contribution in [0.15, 0.2) is 48.5 Å². The molecule has 0 bridgehead atoms. The van der Waals surface area contributed by atoms with Crippen molar-refractivity contribution in [3.05, 3.63) is 87.7 Å². The molecule has 0 aliphatic rings. The van der Waals surface area contributed by atoms with Gasteiger partial charge in [-0.2, -0.15) is 4.98 Å². The molecule has 2 aromatic carbocycles. The van der Waals surface area contributed by atoms with Gasteiger partial charge in [-0.25, -0.2) is 13.9 Å². The van der Waals surface area contributed by atoms with Crippen LogP contribution in [-0.4, -0.2) is 31.4 Å². The molecule has 8 nitrogen and oxygen atoms in total. The van der Waals surface area contributed by atoms with E-state index in [1.807, 2.05) is 13.8 Å². The Morgan fingerprint density at radius 3 is 2.65 bits per heavy atom. The highest BCUT2D eigenvalue weighted by molar-refractivity contribution is 6.30. The Labute approximate surface area is 200 Å². The van der Waals surface area contributed by atoms with Crippen LogP contribution in [0.2, 0.25) is 5.02 Å². The fraction of sp³-hybridized carbons (Fsp3) is 0.208. The summed E-state index contributed by atoms with van der Waals surface area (Å²) >= 11 is 5.96. The van der Waals surface area contributed by atoms with Gasteiger partial charge in [0.25, 0.3) is 11.7 Å². The van der Waals surface area contributed by atoms with E-state index in [1.54, 1.807) is 28.8 Å². The third kappa shape index (κ3) is 5.37. The Balaban J connectivity index is 1.44. The molecule has 2 amide bonds. The summed E-state index contributed by atoms with van der Waals surface area (Å²) in [5.74, 6) is -0.276. The summed E-state index contributed by atoms with van der Waals surface area (Å²) in [4.78, 5) is 33.5. The lowest BCUT2D eigenvalue weighted by atomic mass is 10.1. The summed E-state index contributed by atoms with van der Waals surface area (Å²) in [7, 11) is 0. The topological polar surface area (TPSA) is 101 Å². The van der Waals surface area contributed by atoms with Gasteiger partial charge in [-0.15, -0.1) is 5.10 Å². The molecule has 2 heterocycles. The number of halogens is 2. The summed E-state index contributed by atoms with van der Waals surface area (Å²) in [6.07, 6.45) is 0.727. The number of benzene rings is 2. The SMILES string of the molecule is Cc1nc2nc(CNC(=O)c3cccc(F)c3)nn2c(C)c1CCC(=O)Nc1cccc(Cl)c1. The summed E-state index contributed by atoms with van der Waals surface area (Å²) < 4.78 is 14.9. The van der Waals surface area contributed by atoms with Gasteiger partial charge in [-0.05, 0) is 62.2 Å². The van der Waals surface area contributed by atoms with Crippen molar-refractivity contribution >= 4 is 34.9 Å². The van der Waals surface area contributed by atoms with E-state index in [9.17, 15) is 14.0 Å². The maximum Gasteiger partial charge on any atom is 0.252 e. The number of carbonyl (C=O) groups excluding carboxylic acids is 2. The number of hydrogen-bond acceptors (Lipinski definition) is 5. The number of carbonyl (C=O) groups is 2. The van der Waals surface area contributed by atoms with E-state index in [4.69, 9.17) is 11.6 Å². The molecule has 4 rings (SSSR count). The van der Waals surface area contributed by atoms with Crippen molar-refractivity contribution < 1.29 is 14.0 Å². The van der Waals surface area contributed by atoms with E-state index in [2.05, 4.69) is 25.7 Å². The van der Waals surface area contributed by atoms with Gasteiger partial charge in [-0.3, -0.25) is 9.59 Å². The normalized spacial score (nSPS) is 10.9. The Hall–Kier alpha value is -3.85. The highest BCUT2D eigenvalue weighted by Crippen LogP contribution is 2.18. The van der Waals surface area contributed by atoms with Crippen molar-refractivity contribution in [1.29, 1.82) is 0 Å². The smallest absolute Gasteiger partial charge is 0.252 e. The van der Waals surface area contributed by atoms with Crippen molar-refractivity contribution in [3.63, 3.8) is 0 Å². The predicted molar refractivity (Wildman–Crippen MR) is 126 cm³/mol. The molecule has 0 aliphatic heterocycles. The number of amides is 2. The molecule has 2 N–H and O–H groups in total. The van der Waals surface area contributed by atoms with Gasteiger partial charge < -0.3 is 10.6 Å². The molecule has 0 fully saturated rings. The molecule has 34 heavy (non-hydrogen) atoms. The van der Waals surface area contributed by atoms with Gasteiger partial charge in [0, 0.05) is 34.1 Å². The quantitative estimate of drug-likeness (QED) is 0.416. The van der Waals surface area contributed by atoms with Crippen molar-refractivity contribution in [2.24, 2.45) is 0 Å². The van der Waals surface area contributed by atoms with E-state index in [1.165, 1.54) is 18.2 Å². The molecule has 0 saturated carbocycles. The fourth-order valence-electron chi connectivity index (χ4n) is 3.61. The molecule has 4 aromatic rings. The maximum absolute atomic E-state index is 13.3. The van der Waals surface area contributed by atoms with Crippen molar-refractivity contribution in [2.45, 2.75) is 33.2 Å². The van der Waals surface area contributed by atoms with Gasteiger partial charge >= 0.3 is 0 Å². The van der Waals surface area contributed by atoms with Crippen LogP contribution in [0.4, 0.5) is 10.1 Å². The third-order valence-corrected chi connectivity index (χ3v) is 5.53. The van der Waals surface area contributed by atoms with Gasteiger partial charge in [0.1, 0.15) is 5.82 Å². The van der Waals surface area contributed by atoms with Crippen LogP contribution in [0.5, 0.6) is 0 Å². The first-order valence-corrected chi connectivity index (χ1v) is 11.0. The first-order valence-electron chi connectivity index (χ1n) is 10.6. The first-order chi connectivity index (χ1) is 16.3. The second-order valence-corrected chi connectivity index (χ2v) is 8.19. The molecule has 2 aromatic heterocycles. The van der Waals surface area contributed by atoms with Crippen LogP contribution in [0, 0.1) is 19.7 Å². The van der Waals surface area contributed by atoms with Crippen LogP contribution >= 0.6 is 11.6 Å². The Kier molecular flexibility index (Phi) is 6.83. The second kappa shape index (κ2) is 9.96. The zero-order chi connectivity index (χ0) is 24.2. The lowest BCUT2D eigenvalue weighted by Gasteiger charge is -2.10. The number of fused-ring (bicyclic) bond motifs is 1. The number of anilines is 1. The van der Waals surface area contributed by atoms with Crippen LogP contribution < -0.4 is 10.6 Å². The molecule has 0 aliphatic carbocycles. The largest absolute Gasteiger partial charge is 0.345 e. The number of hydrogen-bond donors (Lipinski definition) is 2. The summed E-state index contributed by atoms with van der Waals surface area (Å²) in [6.45, 7) is 3.81. The van der Waals surface area contributed by atoms with E-state index in [0.29, 0.717) is 28.7 Å². The highest BCUT2D eigenvalue weighted by atomic mass is 35.5. The maximum atomic E-state index is 13.3. The summed E-state index contributed by atoms with van der Waals surface area (Å²) in [6, 6.07) is 12.4. The number of aryl methyl sites for hydroxylation is 2. The van der Waals surface area contributed by atoms with Crippen LogP contribution in [0.1, 0.15) is 39.6 Å². The second-order valence-electron chi connectivity index (χ2n) is 7.75. The fourth-order valence-corrected chi connectivity index (χ4v) is 3.80. The van der Waals surface area contributed by atoms with Gasteiger partial charge in [0.05, 0.1) is 6.54 Å². The minimum atomic E-state index is -0.484. The number of rotatable bonds is 7. The standard InChI is InChI=1S/C24H22ClFN6O2/c1-14-20(9-10-22(33)29-19-8-4-6-17(25)12-19)15(2)32-24(28-14)30-21(31-32)13-27-23(34)16-5-3-7-18(26)11-16/h3-8,11-12H,9-10,13H2,1-2H3,(H,27,34)(H,29,33). The van der Waals surface area contributed by atoms with Gasteiger partial charge in [0.2, 0.25) is 5.91 Å². The number of nitrogens with one attached hydrogen (secondary N) is 2. The lowest BCUT2D eigenvalue weighted by molar-refractivity contribution is -0.116. The number of nitrogens with zero attached hydrogens (tertiary/aromatic N) is 4. The van der Waals surface area contributed by atoms with Crippen molar-refractivity contribution in [2.75, 3.05) is 5.32 Å². The lowest BCUT2D eigenvalue weighted by Crippen LogP contribution is -2.23.